The Balaban J connectivity index is 0.00000338. The summed E-state index contributed by atoms with van der Waals surface area (Å²) in [6.45, 7) is 5.76. The summed E-state index contributed by atoms with van der Waals surface area (Å²) in [6.07, 6.45) is -0.655. The largest absolute Gasteiger partial charge is 0.459 e. The molecule has 1 aromatic heterocycles. The first-order chi connectivity index (χ1) is 11.8. The Bertz CT molecular complexity index is 722. The van der Waals surface area contributed by atoms with Gasteiger partial charge in [0, 0.05) is 23.2 Å². The molecule has 0 saturated heterocycles. The molecule has 2 aromatic rings. The summed E-state index contributed by atoms with van der Waals surface area (Å²) in [7, 11) is 1.61. The van der Waals surface area contributed by atoms with E-state index in [0.29, 0.717) is 12.5 Å². The van der Waals surface area contributed by atoms with E-state index >= 15 is 0 Å². The third kappa shape index (κ3) is 7.08. The van der Waals surface area contributed by atoms with E-state index in [1.807, 2.05) is 51.1 Å². The van der Waals surface area contributed by atoms with Crippen molar-refractivity contribution in [3.8, 4) is 0 Å². The number of carbonyl (C=O) groups excluding carboxylic acids is 1. The lowest BCUT2D eigenvalue weighted by Crippen LogP contribution is -2.42. The van der Waals surface area contributed by atoms with Crippen LogP contribution in [0.25, 0.3) is 10.1 Å². The van der Waals surface area contributed by atoms with Crippen LogP contribution in [0.5, 0.6) is 0 Å². The van der Waals surface area contributed by atoms with Gasteiger partial charge in [-0.3, -0.25) is 9.79 Å². The number of fused-ring (bicyclic) bond motifs is 1. The topological polar surface area (TPSA) is 83.0 Å². The molecule has 0 amide bonds. The van der Waals surface area contributed by atoms with Gasteiger partial charge in [-0.05, 0) is 38.3 Å². The summed E-state index contributed by atoms with van der Waals surface area (Å²) in [5.74, 6) is 0.0755. The van der Waals surface area contributed by atoms with Crippen LogP contribution < -0.4 is 10.6 Å². The van der Waals surface area contributed by atoms with E-state index in [4.69, 9.17) is 4.74 Å². The van der Waals surface area contributed by atoms with Crippen molar-refractivity contribution in [2.75, 3.05) is 20.1 Å². The lowest BCUT2D eigenvalue weighted by Gasteiger charge is -2.20. The van der Waals surface area contributed by atoms with E-state index in [0.717, 1.165) is 15.0 Å². The smallest absolute Gasteiger partial charge is 0.325 e. The van der Waals surface area contributed by atoms with Crippen molar-refractivity contribution in [1.29, 1.82) is 0 Å². The molecule has 0 fully saturated rings. The van der Waals surface area contributed by atoms with Gasteiger partial charge in [0.1, 0.15) is 18.2 Å². The van der Waals surface area contributed by atoms with Crippen LogP contribution in [0.4, 0.5) is 0 Å². The minimum atomic E-state index is -0.655. The number of rotatable bonds is 5. The number of carbonyl (C=O) groups is 1. The maximum Gasteiger partial charge on any atom is 0.325 e. The fourth-order valence-corrected chi connectivity index (χ4v) is 3.27. The number of hydrogen-bond donors (Lipinski definition) is 3. The molecule has 0 aliphatic rings. The Kier molecular flexibility index (Phi) is 8.78. The number of thiophene rings is 1. The van der Waals surface area contributed by atoms with Gasteiger partial charge < -0.3 is 20.5 Å². The summed E-state index contributed by atoms with van der Waals surface area (Å²) in [5.41, 5.74) is -0.521. The van der Waals surface area contributed by atoms with Gasteiger partial charge in [-0.15, -0.1) is 35.3 Å². The molecule has 6 nitrogen and oxygen atoms in total. The number of halogens is 1. The van der Waals surface area contributed by atoms with Crippen LogP contribution >= 0.6 is 35.3 Å². The van der Waals surface area contributed by atoms with Gasteiger partial charge >= 0.3 is 5.97 Å². The predicted molar refractivity (Wildman–Crippen MR) is 117 cm³/mol. The Hall–Kier alpha value is -1.39. The molecule has 26 heavy (non-hydrogen) atoms. The van der Waals surface area contributed by atoms with E-state index in [2.05, 4.69) is 15.6 Å². The molecule has 1 unspecified atom stereocenters. The highest BCUT2D eigenvalue weighted by Crippen LogP contribution is 2.29. The zero-order valence-electron chi connectivity index (χ0n) is 15.4. The van der Waals surface area contributed by atoms with E-state index < -0.39 is 11.7 Å². The summed E-state index contributed by atoms with van der Waals surface area (Å²) < 4.78 is 6.37. The number of hydrogen-bond acceptors (Lipinski definition) is 5. The zero-order chi connectivity index (χ0) is 18.4. The number of nitrogens with zero attached hydrogens (tertiary/aromatic N) is 1. The Morgan fingerprint density at radius 3 is 2.62 bits per heavy atom. The van der Waals surface area contributed by atoms with Crippen LogP contribution in [-0.2, 0) is 9.53 Å². The molecule has 1 aromatic carbocycles. The molecule has 8 heteroatoms. The molecule has 2 rings (SSSR count). The third-order valence-electron chi connectivity index (χ3n) is 3.28. The second-order valence-electron chi connectivity index (χ2n) is 6.60. The molecule has 0 aliphatic carbocycles. The zero-order valence-corrected chi connectivity index (χ0v) is 18.6. The number of guanidine groups is 1. The van der Waals surface area contributed by atoms with Crippen LogP contribution in [-0.4, -0.2) is 42.8 Å². The standard InChI is InChI=1S/C18H25N3O3S.HI/c1-18(2,3)24-16(23)11-21-17(19-4)20-10-13(22)15-9-12-7-5-6-8-14(12)25-15;/h5-9,13,22H,10-11H2,1-4H3,(H2,19,20,21);1H. The quantitative estimate of drug-likeness (QED) is 0.259. The van der Waals surface area contributed by atoms with Crippen LogP contribution in [0.3, 0.4) is 0 Å². The molecule has 1 heterocycles. The van der Waals surface area contributed by atoms with Gasteiger partial charge in [-0.25, -0.2) is 0 Å². The molecule has 0 bridgehead atoms. The third-order valence-corrected chi connectivity index (χ3v) is 4.50. The second-order valence-corrected chi connectivity index (χ2v) is 7.71. The van der Waals surface area contributed by atoms with Gasteiger partial charge in [0.05, 0.1) is 0 Å². The first kappa shape index (κ1) is 22.7. The highest BCUT2D eigenvalue weighted by molar-refractivity contribution is 14.0. The van der Waals surface area contributed by atoms with Crippen molar-refractivity contribution in [3.05, 3.63) is 35.2 Å². The molecule has 0 aliphatic heterocycles. The first-order valence-electron chi connectivity index (χ1n) is 8.11. The minimum Gasteiger partial charge on any atom is -0.459 e. The van der Waals surface area contributed by atoms with Gasteiger partial charge in [-0.2, -0.15) is 0 Å². The molecule has 0 saturated carbocycles. The van der Waals surface area contributed by atoms with Crippen LogP contribution in [0.1, 0.15) is 31.8 Å². The molecule has 1 atom stereocenters. The lowest BCUT2D eigenvalue weighted by molar-refractivity contribution is -0.153. The SMILES string of the molecule is CN=C(NCC(=O)OC(C)(C)C)NCC(O)c1cc2ccccc2s1.I. The normalized spacial score (nSPS) is 13.0. The monoisotopic (exact) mass is 491 g/mol. The average Bonchev–Trinajstić information content (AvgIpc) is 2.97. The van der Waals surface area contributed by atoms with E-state index in [1.165, 1.54) is 0 Å². The van der Waals surface area contributed by atoms with Crippen LogP contribution in [0.15, 0.2) is 35.3 Å². The van der Waals surface area contributed by atoms with E-state index in [-0.39, 0.29) is 36.5 Å². The number of benzene rings is 1. The molecular formula is C18H26IN3O3S. The van der Waals surface area contributed by atoms with Crippen molar-refractivity contribution in [1.82, 2.24) is 10.6 Å². The second kappa shape index (κ2) is 10.1. The first-order valence-corrected chi connectivity index (χ1v) is 8.93. The summed E-state index contributed by atoms with van der Waals surface area (Å²) in [5, 5.41) is 17.4. The number of aliphatic imine (C=N–C) groups is 1. The van der Waals surface area contributed by atoms with Gasteiger partial charge in [0.2, 0.25) is 0 Å². The Morgan fingerprint density at radius 2 is 2.00 bits per heavy atom. The van der Waals surface area contributed by atoms with Crippen molar-refractivity contribution in [3.63, 3.8) is 0 Å². The van der Waals surface area contributed by atoms with Crippen molar-refractivity contribution in [2.45, 2.75) is 32.5 Å². The van der Waals surface area contributed by atoms with Crippen molar-refractivity contribution < 1.29 is 14.6 Å². The number of esters is 1. The van der Waals surface area contributed by atoms with Gasteiger partial charge in [0.25, 0.3) is 0 Å². The highest BCUT2D eigenvalue weighted by atomic mass is 127. The van der Waals surface area contributed by atoms with E-state index in [1.54, 1.807) is 18.4 Å². The fourth-order valence-electron chi connectivity index (χ4n) is 2.21. The number of ether oxygens (including phenoxy) is 1. The molecule has 0 spiro atoms. The maximum absolute atomic E-state index is 11.7. The summed E-state index contributed by atoms with van der Waals surface area (Å²) in [4.78, 5) is 16.7. The molecule has 0 radical (unpaired) electrons. The van der Waals surface area contributed by atoms with Crippen molar-refractivity contribution >= 4 is 57.3 Å². The number of nitrogens with one attached hydrogen (secondary N) is 2. The van der Waals surface area contributed by atoms with Crippen LogP contribution in [0.2, 0.25) is 0 Å². The van der Waals surface area contributed by atoms with E-state index in [9.17, 15) is 9.90 Å². The Morgan fingerprint density at radius 1 is 1.31 bits per heavy atom. The number of aliphatic hydroxyl groups excluding tert-OH is 1. The predicted octanol–water partition coefficient (Wildman–Crippen LogP) is 3.06. The van der Waals surface area contributed by atoms with Gasteiger partial charge in [0.15, 0.2) is 5.96 Å². The summed E-state index contributed by atoms with van der Waals surface area (Å²) in [6, 6.07) is 10.0. The average molecular weight is 491 g/mol. The fraction of sp³-hybridized carbons (Fsp3) is 0.444. The number of aliphatic hydroxyl groups is 1. The molecular weight excluding hydrogens is 465 g/mol. The molecule has 3 N–H and O–H groups in total. The van der Waals surface area contributed by atoms with Crippen molar-refractivity contribution in [2.24, 2.45) is 4.99 Å². The Labute approximate surface area is 175 Å². The minimum absolute atomic E-state index is 0. The van der Waals surface area contributed by atoms with Gasteiger partial charge in [-0.1, -0.05) is 18.2 Å². The molecule has 144 valence electrons. The highest BCUT2D eigenvalue weighted by Gasteiger charge is 2.17. The lowest BCUT2D eigenvalue weighted by atomic mass is 10.2. The van der Waals surface area contributed by atoms with Crippen LogP contribution in [0, 0.1) is 0 Å². The summed E-state index contributed by atoms with van der Waals surface area (Å²) >= 11 is 1.56. The maximum atomic E-state index is 11.7.